The first-order valence-electron chi connectivity index (χ1n) is 9.35. The molecular weight excluding hydrogens is 366 g/mol. The summed E-state index contributed by atoms with van der Waals surface area (Å²) < 4.78 is 27.6. The monoisotopic (exact) mass is 393 g/mol. The molecule has 0 bridgehead atoms. The van der Waals surface area contributed by atoms with Gasteiger partial charge in [-0.05, 0) is 37.0 Å². The van der Waals surface area contributed by atoms with E-state index < -0.39 is 22.1 Å². The molecule has 0 spiro atoms. The van der Waals surface area contributed by atoms with E-state index in [2.05, 4.69) is 5.32 Å². The van der Waals surface area contributed by atoms with E-state index in [1.54, 1.807) is 24.0 Å². The Morgan fingerprint density at radius 1 is 1.22 bits per heavy atom. The van der Waals surface area contributed by atoms with Gasteiger partial charge in [0, 0.05) is 19.6 Å². The van der Waals surface area contributed by atoms with Crippen LogP contribution >= 0.6 is 0 Å². The molecule has 8 heteroatoms. The summed E-state index contributed by atoms with van der Waals surface area (Å²) in [7, 11) is -3.73. The van der Waals surface area contributed by atoms with Crippen LogP contribution in [-0.2, 0) is 19.6 Å². The largest absolute Gasteiger partial charge is 0.342 e. The number of nitrogens with one attached hydrogen (secondary N) is 1. The summed E-state index contributed by atoms with van der Waals surface area (Å²) in [6.07, 6.45) is 0.780. The van der Waals surface area contributed by atoms with Gasteiger partial charge in [0.2, 0.25) is 21.8 Å². The van der Waals surface area contributed by atoms with E-state index in [1.165, 1.54) is 4.31 Å². The van der Waals surface area contributed by atoms with Gasteiger partial charge in [-0.3, -0.25) is 9.59 Å². The Morgan fingerprint density at radius 3 is 2.59 bits per heavy atom. The van der Waals surface area contributed by atoms with Crippen LogP contribution in [0.5, 0.6) is 0 Å². The summed E-state index contributed by atoms with van der Waals surface area (Å²) in [5.41, 5.74) is 1.53. The van der Waals surface area contributed by atoms with Crippen molar-refractivity contribution in [3.63, 3.8) is 0 Å². The molecule has 0 unspecified atom stereocenters. The van der Waals surface area contributed by atoms with Crippen molar-refractivity contribution in [2.75, 3.05) is 19.6 Å². The summed E-state index contributed by atoms with van der Waals surface area (Å²) in [4.78, 5) is 27.2. The molecule has 27 heavy (non-hydrogen) atoms. The Balaban J connectivity index is 1.85. The summed E-state index contributed by atoms with van der Waals surface area (Å²) in [5, 5.41) is 2.80. The first-order chi connectivity index (χ1) is 12.7. The number of rotatable bonds is 4. The fourth-order valence-corrected chi connectivity index (χ4v) is 5.45. The Bertz CT molecular complexity index is 868. The molecule has 1 aromatic carbocycles. The van der Waals surface area contributed by atoms with E-state index in [1.807, 2.05) is 26.8 Å². The third-order valence-corrected chi connectivity index (χ3v) is 7.67. The molecule has 2 fully saturated rings. The van der Waals surface area contributed by atoms with E-state index in [-0.39, 0.29) is 42.3 Å². The van der Waals surface area contributed by atoms with Crippen molar-refractivity contribution in [3.05, 3.63) is 29.3 Å². The maximum absolute atomic E-state index is 13.1. The van der Waals surface area contributed by atoms with Gasteiger partial charge in [-0.15, -0.1) is 0 Å². The van der Waals surface area contributed by atoms with Gasteiger partial charge in [-0.25, -0.2) is 8.42 Å². The van der Waals surface area contributed by atoms with E-state index in [9.17, 15) is 18.0 Å². The standard InChI is InChI=1S/C19H27N3O4S/c1-5-13(3)17-19(24)22-9-8-21(11-15(22)18(23)20-17)27(25,26)16-10-12(2)6-7-14(16)4/h6-7,10,13,15,17H,5,8-9,11H2,1-4H3,(H,20,23)/t13-,15+,17-/m0/s1. The lowest BCUT2D eigenvalue weighted by Crippen LogP contribution is -2.70. The van der Waals surface area contributed by atoms with E-state index >= 15 is 0 Å². The van der Waals surface area contributed by atoms with E-state index in [0.717, 1.165) is 12.0 Å². The smallest absolute Gasteiger partial charge is 0.246 e. The van der Waals surface area contributed by atoms with Gasteiger partial charge in [-0.1, -0.05) is 32.4 Å². The third kappa shape index (κ3) is 3.48. The molecule has 148 valence electrons. The van der Waals surface area contributed by atoms with Crippen LogP contribution in [0, 0.1) is 19.8 Å². The first kappa shape index (κ1) is 19.8. The van der Waals surface area contributed by atoms with Crippen LogP contribution in [0.4, 0.5) is 0 Å². The highest BCUT2D eigenvalue weighted by atomic mass is 32.2. The quantitative estimate of drug-likeness (QED) is 0.828. The average Bonchev–Trinajstić information content (AvgIpc) is 2.65. The topological polar surface area (TPSA) is 86.8 Å². The lowest BCUT2D eigenvalue weighted by molar-refractivity contribution is -0.153. The molecule has 1 aromatic rings. The van der Waals surface area contributed by atoms with Gasteiger partial charge in [0.1, 0.15) is 12.1 Å². The maximum Gasteiger partial charge on any atom is 0.246 e. The molecular formula is C19H27N3O4S. The van der Waals surface area contributed by atoms with Crippen molar-refractivity contribution in [1.82, 2.24) is 14.5 Å². The van der Waals surface area contributed by atoms with Gasteiger partial charge in [0.15, 0.2) is 0 Å². The molecule has 3 rings (SSSR count). The highest BCUT2D eigenvalue weighted by Gasteiger charge is 2.46. The molecule has 0 aliphatic carbocycles. The van der Waals surface area contributed by atoms with Crippen LogP contribution in [-0.4, -0.2) is 61.2 Å². The van der Waals surface area contributed by atoms with Crippen LogP contribution in [0.2, 0.25) is 0 Å². The second-order valence-corrected chi connectivity index (χ2v) is 9.46. The second-order valence-electron chi connectivity index (χ2n) is 7.55. The van der Waals surface area contributed by atoms with Crippen molar-refractivity contribution < 1.29 is 18.0 Å². The molecule has 0 radical (unpaired) electrons. The Labute approximate surface area is 160 Å². The molecule has 2 amide bonds. The van der Waals surface area contributed by atoms with E-state index in [4.69, 9.17) is 0 Å². The van der Waals surface area contributed by atoms with Gasteiger partial charge < -0.3 is 10.2 Å². The SMILES string of the molecule is CC[C@H](C)[C@@H]1NC(=O)[C@H]2CN(S(=O)(=O)c3cc(C)ccc3C)CCN2C1=O. The molecule has 2 aliphatic heterocycles. The van der Waals surface area contributed by atoms with Gasteiger partial charge in [-0.2, -0.15) is 4.31 Å². The summed E-state index contributed by atoms with van der Waals surface area (Å²) in [6, 6.07) is 4.01. The fourth-order valence-electron chi connectivity index (χ4n) is 3.70. The summed E-state index contributed by atoms with van der Waals surface area (Å²) in [5.74, 6) is -0.349. The summed E-state index contributed by atoms with van der Waals surface area (Å²) >= 11 is 0. The lowest BCUT2D eigenvalue weighted by Gasteiger charge is -2.45. The number of nitrogens with zero attached hydrogens (tertiary/aromatic N) is 2. The number of benzene rings is 1. The van der Waals surface area contributed by atoms with Gasteiger partial charge in [0.05, 0.1) is 4.90 Å². The number of carbonyl (C=O) groups is 2. The van der Waals surface area contributed by atoms with Crippen molar-refractivity contribution in [2.24, 2.45) is 5.92 Å². The Kier molecular flexibility index (Phi) is 5.31. The minimum Gasteiger partial charge on any atom is -0.342 e. The van der Waals surface area contributed by atoms with Crippen LogP contribution < -0.4 is 5.32 Å². The fraction of sp³-hybridized carbons (Fsp3) is 0.579. The number of aryl methyl sites for hydroxylation is 2. The number of amides is 2. The Morgan fingerprint density at radius 2 is 1.93 bits per heavy atom. The van der Waals surface area contributed by atoms with Crippen molar-refractivity contribution in [2.45, 2.75) is 51.1 Å². The minimum absolute atomic E-state index is 0.0134. The lowest BCUT2D eigenvalue weighted by atomic mass is 9.93. The van der Waals surface area contributed by atoms with Crippen LogP contribution in [0.1, 0.15) is 31.4 Å². The van der Waals surface area contributed by atoms with Crippen LogP contribution in [0.3, 0.4) is 0 Å². The number of hydrogen-bond donors (Lipinski definition) is 1. The predicted octanol–water partition coefficient (Wildman–Crippen LogP) is 1.05. The molecule has 1 N–H and O–H groups in total. The van der Waals surface area contributed by atoms with Gasteiger partial charge >= 0.3 is 0 Å². The van der Waals surface area contributed by atoms with Crippen LogP contribution in [0.15, 0.2) is 23.1 Å². The first-order valence-corrected chi connectivity index (χ1v) is 10.8. The molecule has 2 aliphatic rings. The number of fused-ring (bicyclic) bond motifs is 1. The number of piperazine rings is 2. The molecule has 0 aromatic heterocycles. The molecule has 0 saturated carbocycles. The van der Waals surface area contributed by atoms with Crippen molar-refractivity contribution in [1.29, 1.82) is 0 Å². The third-order valence-electron chi connectivity index (χ3n) is 5.67. The highest BCUT2D eigenvalue weighted by molar-refractivity contribution is 7.89. The number of hydrogen-bond acceptors (Lipinski definition) is 4. The predicted molar refractivity (Wildman–Crippen MR) is 102 cm³/mol. The van der Waals surface area contributed by atoms with Crippen molar-refractivity contribution in [3.8, 4) is 0 Å². The second kappa shape index (κ2) is 7.24. The Hall–Kier alpha value is -1.93. The zero-order valence-corrected chi connectivity index (χ0v) is 17.0. The maximum atomic E-state index is 13.1. The molecule has 3 atom stereocenters. The van der Waals surface area contributed by atoms with Crippen LogP contribution in [0.25, 0.3) is 0 Å². The zero-order chi connectivity index (χ0) is 19.9. The van der Waals surface area contributed by atoms with Crippen molar-refractivity contribution >= 4 is 21.8 Å². The van der Waals surface area contributed by atoms with E-state index in [0.29, 0.717) is 5.56 Å². The highest BCUT2D eigenvalue weighted by Crippen LogP contribution is 2.26. The molecule has 2 saturated heterocycles. The minimum atomic E-state index is -3.73. The number of sulfonamides is 1. The van der Waals surface area contributed by atoms with Gasteiger partial charge in [0.25, 0.3) is 0 Å². The zero-order valence-electron chi connectivity index (χ0n) is 16.2. The number of carbonyl (C=O) groups excluding carboxylic acids is 2. The molecule has 7 nitrogen and oxygen atoms in total. The normalized spacial score (nSPS) is 25.1. The average molecular weight is 394 g/mol. The summed E-state index contributed by atoms with van der Waals surface area (Å²) in [6.45, 7) is 7.93. The molecule has 2 heterocycles.